The molecule has 1 rings (SSSR count). The van der Waals surface area contributed by atoms with Crippen LogP contribution in [-0.4, -0.2) is 34.9 Å². The van der Waals surface area contributed by atoms with Crippen molar-refractivity contribution in [2.75, 3.05) is 13.1 Å². The van der Waals surface area contributed by atoms with Gasteiger partial charge in [0.2, 0.25) is 5.91 Å². The van der Waals surface area contributed by atoms with Gasteiger partial charge in [0.15, 0.2) is 5.84 Å². The molecule has 0 radical (unpaired) electrons. The molecule has 0 aromatic rings. The van der Waals surface area contributed by atoms with Crippen molar-refractivity contribution < 1.29 is 10.0 Å². The first kappa shape index (κ1) is 17.8. The second-order valence-electron chi connectivity index (χ2n) is 6.56. The van der Waals surface area contributed by atoms with Gasteiger partial charge in [0, 0.05) is 13.1 Å². The van der Waals surface area contributed by atoms with Crippen LogP contribution in [0, 0.1) is 17.3 Å². The Morgan fingerprint density at radius 2 is 1.86 bits per heavy atom. The van der Waals surface area contributed by atoms with E-state index in [0.717, 1.165) is 32.4 Å². The molecule has 2 unspecified atom stereocenters. The lowest BCUT2D eigenvalue weighted by Gasteiger charge is -2.41. The molecule has 3 N–H and O–H groups in total. The van der Waals surface area contributed by atoms with Gasteiger partial charge in [0.25, 0.3) is 0 Å². The Morgan fingerprint density at radius 3 is 2.29 bits per heavy atom. The molecule has 1 fully saturated rings. The number of likely N-dealkylation sites (tertiary alicyclic amines) is 1. The molecular weight excluding hydrogens is 266 g/mol. The molecule has 122 valence electrons. The SMILES string of the molecule is CCCC(CCC)(C(=O)N1CCC(C)C(C)C1)C(N)=NO. The van der Waals surface area contributed by atoms with E-state index in [9.17, 15) is 4.79 Å². The molecule has 1 aliphatic heterocycles. The van der Waals surface area contributed by atoms with Crippen LogP contribution in [-0.2, 0) is 4.79 Å². The van der Waals surface area contributed by atoms with Gasteiger partial charge in [-0.05, 0) is 31.1 Å². The molecule has 0 saturated carbocycles. The monoisotopic (exact) mass is 297 g/mol. The Morgan fingerprint density at radius 1 is 1.29 bits per heavy atom. The zero-order valence-corrected chi connectivity index (χ0v) is 13.9. The highest BCUT2D eigenvalue weighted by Gasteiger charge is 2.45. The quantitative estimate of drug-likeness (QED) is 0.342. The van der Waals surface area contributed by atoms with E-state index in [2.05, 4.69) is 19.0 Å². The predicted octanol–water partition coefficient (Wildman–Crippen LogP) is 2.82. The summed E-state index contributed by atoms with van der Waals surface area (Å²) in [6, 6.07) is 0. The van der Waals surface area contributed by atoms with E-state index in [-0.39, 0.29) is 11.7 Å². The minimum atomic E-state index is -0.835. The second kappa shape index (κ2) is 7.66. The molecule has 21 heavy (non-hydrogen) atoms. The third kappa shape index (κ3) is 3.69. The smallest absolute Gasteiger partial charge is 0.236 e. The van der Waals surface area contributed by atoms with Gasteiger partial charge in [-0.2, -0.15) is 0 Å². The van der Waals surface area contributed by atoms with Gasteiger partial charge in [-0.3, -0.25) is 4.79 Å². The van der Waals surface area contributed by atoms with Gasteiger partial charge in [0.05, 0.1) is 0 Å². The number of carbonyl (C=O) groups excluding carboxylic acids is 1. The molecule has 0 aliphatic carbocycles. The average Bonchev–Trinajstić information content (AvgIpc) is 2.48. The molecule has 2 atom stereocenters. The summed E-state index contributed by atoms with van der Waals surface area (Å²) in [6.07, 6.45) is 3.97. The maximum absolute atomic E-state index is 13.1. The standard InChI is InChI=1S/C16H31N3O2/c1-5-8-16(9-6-2,14(17)18-21)15(20)19-10-7-12(3)13(4)11-19/h12-13,21H,5-11H2,1-4H3,(H2,17,18). The first-order valence-corrected chi connectivity index (χ1v) is 8.20. The van der Waals surface area contributed by atoms with Crippen LogP contribution in [0.2, 0.25) is 0 Å². The van der Waals surface area contributed by atoms with Gasteiger partial charge < -0.3 is 15.8 Å². The average molecular weight is 297 g/mol. The number of nitrogens with two attached hydrogens (primary N) is 1. The van der Waals surface area contributed by atoms with E-state index in [1.165, 1.54) is 0 Å². The summed E-state index contributed by atoms with van der Waals surface area (Å²) in [6.45, 7) is 10.0. The summed E-state index contributed by atoms with van der Waals surface area (Å²) < 4.78 is 0. The van der Waals surface area contributed by atoms with E-state index in [1.54, 1.807) is 0 Å². The summed E-state index contributed by atoms with van der Waals surface area (Å²) >= 11 is 0. The number of rotatable bonds is 6. The van der Waals surface area contributed by atoms with Crippen molar-refractivity contribution >= 4 is 11.7 Å². The number of amidine groups is 1. The van der Waals surface area contributed by atoms with Gasteiger partial charge in [-0.25, -0.2) is 0 Å². The fourth-order valence-corrected chi connectivity index (χ4v) is 3.40. The molecule has 0 aromatic heterocycles. The van der Waals surface area contributed by atoms with Crippen molar-refractivity contribution in [1.82, 2.24) is 4.90 Å². The van der Waals surface area contributed by atoms with Crippen molar-refractivity contribution in [3.05, 3.63) is 0 Å². The number of hydrogen-bond acceptors (Lipinski definition) is 3. The molecule has 1 heterocycles. The number of amides is 1. The summed E-state index contributed by atoms with van der Waals surface area (Å²) in [5, 5.41) is 12.4. The van der Waals surface area contributed by atoms with Crippen molar-refractivity contribution in [3.63, 3.8) is 0 Å². The number of nitrogens with zero attached hydrogens (tertiary/aromatic N) is 2. The fraction of sp³-hybridized carbons (Fsp3) is 0.875. The number of piperidine rings is 1. The van der Waals surface area contributed by atoms with Crippen LogP contribution >= 0.6 is 0 Å². The third-order valence-corrected chi connectivity index (χ3v) is 4.98. The molecule has 0 spiro atoms. The Balaban J connectivity index is 3.04. The van der Waals surface area contributed by atoms with Crippen molar-refractivity contribution in [2.24, 2.45) is 28.1 Å². The van der Waals surface area contributed by atoms with Crippen LogP contribution in [0.15, 0.2) is 5.16 Å². The first-order chi connectivity index (χ1) is 9.92. The molecule has 1 saturated heterocycles. The van der Waals surface area contributed by atoms with Crippen molar-refractivity contribution in [1.29, 1.82) is 0 Å². The summed E-state index contributed by atoms with van der Waals surface area (Å²) in [5.41, 5.74) is 5.11. The van der Waals surface area contributed by atoms with E-state index < -0.39 is 5.41 Å². The highest BCUT2D eigenvalue weighted by atomic mass is 16.4. The zero-order chi connectivity index (χ0) is 16.0. The van der Waals surface area contributed by atoms with Crippen LogP contribution in [0.1, 0.15) is 59.8 Å². The minimum absolute atomic E-state index is 0.0419. The van der Waals surface area contributed by atoms with Crippen LogP contribution in [0.5, 0.6) is 0 Å². The summed E-state index contributed by atoms with van der Waals surface area (Å²) in [5.74, 6) is 1.25. The lowest BCUT2D eigenvalue weighted by atomic mass is 9.75. The molecule has 1 aliphatic rings. The summed E-state index contributed by atoms with van der Waals surface area (Å²) in [4.78, 5) is 15.0. The number of oxime groups is 1. The molecule has 5 nitrogen and oxygen atoms in total. The minimum Gasteiger partial charge on any atom is -0.409 e. The number of carbonyl (C=O) groups is 1. The van der Waals surface area contributed by atoms with Crippen LogP contribution in [0.4, 0.5) is 0 Å². The van der Waals surface area contributed by atoms with Gasteiger partial charge in [-0.15, -0.1) is 0 Å². The first-order valence-electron chi connectivity index (χ1n) is 8.20. The normalized spacial score (nSPS) is 24.2. The van der Waals surface area contributed by atoms with Crippen LogP contribution in [0.25, 0.3) is 0 Å². The molecular formula is C16H31N3O2. The van der Waals surface area contributed by atoms with Gasteiger partial charge in [-0.1, -0.05) is 45.7 Å². The summed E-state index contributed by atoms with van der Waals surface area (Å²) in [7, 11) is 0. The van der Waals surface area contributed by atoms with E-state index in [0.29, 0.717) is 24.7 Å². The molecule has 5 heteroatoms. The van der Waals surface area contributed by atoms with Crippen LogP contribution in [0.3, 0.4) is 0 Å². The fourth-order valence-electron chi connectivity index (χ4n) is 3.40. The van der Waals surface area contributed by atoms with Crippen molar-refractivity contribution in [3.8, 4) is 0 Å². The second-order valence-corrected chi connectivity index (χ2v) is 6.56. The van der Waals surface area contributed by atoms with Gasteiger partial charge >= 0.3 is 0 Å². The van der Waals surface area contributed by atoms with E-state index >= 15 is 0 Å². The van der Waals surface area contributed by atoms with Crippen LogP contribution < -0.4 is 5.73 Å². The topological polar surface area (TPSA) is 78.9 Å². The van der Waals surface area contributed by atoms with E-state index in [4.69, 9.17) is 10.9 Å². The Labute approximate surface area is 128 Å². The predicted molar refractivity (Wildman–Crippen MR) is 85.2 cm³/mol. The van der Waals surface area contributed by atoms with Crippen molar-refractivity contribution in [2.45, 2.75) is 59.8 Å². The maximum atomic E-state index is 13.1. The molecule has 0 aromatic carbocycles. The Kier molecular flexibility index (Phi) is 6.49. The highest BCUT2D eigenvalue weighted by molar-refractivity contribution is 6.06. The number of hydrogen-bond donors (Lipinski definition) is 2. The van der Waals surface area contributed by atoms with Gasteiger partial charge in [0.1, 0.15) is 5.41 Å². The Bertz CT molecular complexity index is 376. The lowest BCUT2D eigenvalue weighted by Crippen LogP contribution is -2.54. The van der Waals surface area contributed by atoms with E-state index in [1.807, 2.05) is 18.7 Å². The lowest BCUT2D eigenvalue weighted by molar-refractivity contribution is -0.141. The zero-order valence-electron chi connectivity index (χ0n) is 13.9. The highest BCUT2D eigenvalue weighted by Crippen LogP contribution is 2.35. The third-order valence-electron chi connectivity index (χ3n) is 4.98. The largest absolute Gasteiger partial charge is 0.409 e. The maximum Gasteiger partial charge on any atom is 0.236 e. The molecule has 1 amide bonds. The Hall–Kier alpha value is -1.26. The molecule has 0 bridgehead atoms.